The molecule has 0 aromatic carbocycles. The van der Waals surface area contributed by atoms with Crippen molar-refractivity contribution in [2.45, 2.75) is 45.6 Å². The van der Waals surface area contributed by atoms with E-state index in [2.05, 4.69) is 40.9 Å². The quantitative estimate of drug-likeness (QED) is 0.831. The summed E-state index contributed by atoms with van der Waals surface area (Å²) < 4.78 is 0. The minimum atomic E-state index is 0.290. The lowest BCUT2D eigenvalue weighted by molar-refractivity contribution is -0.126. The van der Waals surface area contributed by atoms with E-state index >= 15 is 0 Å². The van der Waals surface area contributed by atoms with Gasteiger partial charge in [0.2, 0.25) is 5.91 Å². The van der Waals surface area contributed by atoms with Gasteiger partial charge in [0.15, 0.2) is 0 Å². The smallest absolute Gasteiger partial charge is 0.223 e. The van der Waals surface area contributed by atoms with Crippen LogP contribution in [0.2, 0.25) is 0 Å². The van der Waals surface area contributed by atoms with Crippen molar-refractivity contribution in [3.05, 3.63) is 22.4 Å². The van der Waals surface area contributed by atoms with Crippen LogP contribution in [0, 0.1) is 17.8 Å². The van der Waals surface area contributed by atoms with Gasteiger partial charge in [-0.15, -0.1) is 0 Å². The Hall–Kier alpha value is -0.870. The summed E-state index contributed by atoms with van der Waals surface area (Å²) in [6, 6.07) is 2.50. The molecule has 4 atom stereocenters. The summed E-state index contributed by atoms with van der Waals surface area (Å²) in [6.07, 6.45) is 5.05. The monoisotopic (exact) mass is 320 g/mol. The molecule has 3 rings (SSSR count). The van der Waals surface area contributed by atoms with Gasteiger partial charge in [-0.05, 0) is 66.6 Å². The van der Waals surface area contributed by atoms with Gasteiger partial charge in [0, 0.05) is 12.5 Å². The van der Waals surface area contributed by atoms with E-state index in [9.17, 15) is 4.79 Å². The molecule has 1 aromatic rings. The number of amides is 1. The summed E-state index contributed by atoms with van der Waals surface area (Å²) in [5.74, 6) is 2.09. The van der Waals surface area contributed by atoms with E-state index in [1.54, 1.807) is 11.3 Å². The van der Waals surface area contributed by atoms with Crippen LogP contribution in [0.3, 0.4) is 0 Å². The molecular weight excluding hydrogens is 292 g/mol. The molecule has 22 heavy (non-hydrogen) atoms. The first kappa shape index (κ1) is 16.0. The second-order valence-electron chi connectivity index (χ2n) is 6.82. The Kier molecular flexibility index (Phi) is 5.19. The minimum absolute atomic E-state index is 0.290. The van der Waals surface area contributed by atoms with Gasteiger partial charge in [-0.3, -0.25) is 9.69 Å². The number of hydrogen-bond acceptors (Lipinski definition) is 3. The summed E-state index contributed by atoms with van der Waals surface area (Å²) in [5.41, 5.74) is 1.34. The number of nitrogens with zero attached hydrogens (tertiary/aromatic N) is 1. The molecule has 0 spiro atoms. The number of fused-ring (bicyclic) bond motifs is 2. The lowest BCUT2D eigenvalue weighted by Crippen LogP contribution is -2.41. The third kappa shape index (κ3) is 3.23. The molecule has 2 aliphatic carbocycles. The van der Waals surface area contributed by atoms with Gasteiger partial charge in [-0.1, -0.05) is 20.3 Å². The molecule has 2 fully saturated rings. The van der Waals surface area contributed by atoms with E-state index in [0.29, 0.717) is 23.8 Å². The number of likely N-dealkylation sites (N-methyl/N-ethyl adjacent to an activating group) is 1. The van der Waals surface area contributed by atoms with E-state index in [0.717, 1.165) is 32.0 Å². The molecular formula is C18H28N2OS. The minimum Gasteiger partial charge on any atom is -0.354 e. The van der Waals surface area contributed by atoms with Crippen molar-refractivity contribution in [3.63, 3.8) is 0 Å². The zero-order chi connectivity index (χ0) is 15.5. The Morgan fingerprint density at radius 3 is 2.73 bits per heavy atom. The van der Waals surface area contributed by atoms with Crippen molar-refractivity contribution >= 4 is 17.2 Å². The Morgan fingerprint density at radius 2 is 2.18 bits per heavy atom. The average Bonchev–Trinajstić information content (AvgIpc) is 3.28. The maximum Gasteiger partial charge on any atom is 0.223 e. The number of hydrogen-bond donors (Lipinski definition) is 1. The van der Waals surface area contributed by atoms with E-state index in [1.807, 2.05) is 0 Å². The highest BCUT2D eigenvalue weighted by atomic mass is 32.1. The predicted octanol–water partition coefficient (Wildman–Crippen LogP) is 3.68. The highest BCUT2D eigenvalue weighted by molar-refractivity contribution is 7.07. The van der Waals surface area contributed by atoms with Crippen molar-refractivity contribution in [1.29, 1.82) is 0 Å². The zero-order valence-corrected chi connectivity index (χ0v) is 14.6. The van der Waals surface area contributed by atoms with E-state index in [1.165, 1.54) is 24.8 Å². The maximum atomic E-state index is 12.6. The van der Waals surface area contributed by atoms with E-state index < -0.39 is 0 Å². The van der Waals surface area contributed by atoms with E-state index in [-0.39, 0.29) is 0 Å². The number of carbonyl (C=O) groups is 1. The normalized spacial score (nSPS) is 28.2. The Balaban J connectivity index is 1.60. The van der Waals surface area contributed by atoms with Gasteiger partial charge in [0.25, 0.3) is 0 Å². The fraction of sp³-hybridized carbons (Fsp3) is 0.722. The molecule has 1 aromatic heterocycles. The largest absolute Gasteiger partial charge is 0.354 e. The van der Waals surface area contributed by atoms with Crippen LogP contribution >= 0.6 is 11.3 Å². The number of carbonyl (C=O) groups excluding carboxylic acids is 1. The second-order valence-corrected chi connectivity index (χ2v) is 7.60. The van der Waals surface area contributed by atoms with Gasteiger partial charge in [0.05, 0.1) is 6.04 Å². The molecule has 2 aliphatic rings. The molecule has 2 bridgehead atoms. The molecule has 0 radical (unpaired) electrons. The first-order valence-electron chi connectivity index (χ1n) is 8.76. The van der Waals surface area contributed by atoms with Crippen molar-refractivity contribution in [3.8, 4) is 0 Å². The van der Waals surface area contributed by atoms with Gasteiger partial charge in [-0.2, -0.15) is 11.3 Å². The van der Waals surface area contributed by atoms with Crippen molar-refractivity contribution in [2.24, 2.45) is 17.8 Å². The molecule has 0 aliphatic heterocycles. The van der Waals surface area contributed by atoms with Gasteiger partial charge in [0.1, 0.15) is 0 Å². The molecule has 122 valence electrons. The SMILES string of the molecule is CCN(CC)C(CNC(=O)C1CC2CCC1C2)c1ccsc1. The van der Waals surface area contributed by atoms with Crippen LogP contribution in [0.5, 0.6) is 0 Å². The van der Waals surface area contributed by atoms with Gasteiger partial charge >= 0.3 is 0 Å². The van der Waals surface area contributed by atoms with E-state index in [4.69, 9.17) is 0 Å². The number of thiophene rings is 1. The molecule has 4 heteroatoms. The summed E-state index contributed by atoms with van der Waals surface area (Å²) >= 11 is 1.74. The lowest BCUT2D eigenvalue weighted by atomic mass is 9.88. The van der Waals surface area contributed by atoms with Crippen molar-refractivity contribution in [1.82, 2.24) is 10.2 Å². The molecule has 1 heterocycles. The Bertz CT molecular complexity index is 483. The van der Waals surface area contributed by atoms with Crippen molar-refractivity contribution < 1.29 is 4.79 Å². The molecule has 4 unspecified atom stereocenters. The topological polar surface area (TPSA) is 32.3 Å². The first-order chi connectivity index (χ1) is 10.7. The fourth-order valence-corrected chi connectivity index (χ4v) is 5.19. The Labute approximate surface area is 138 Å². The molecule has 2 saturated carbocycles. The average molecular weight is 321 g/mol. The van der Waals surface area contributed by atoms with Crippen LogP contribution in [-0.2, 0) is 4.79 Å². The molecule has 0 saturated heterocycles. The maximum absolute atomic E-state index is 12.6. The second kappa shape index (κ2) is 7.14. The van der Waals surface area contributed by atoms with Crippen molar-refractivity contribution in [2.75, 3.05) is 19.6 Å². The third-order valence-corrected chi connectivity index (χ3v) is 6.43. The van der Waals surface area contributed by atoms with Crippen LogP contribution in [0.25, 0.3) is 0 Å². The first-order valence-corrected chi connectivity index (χ1v) is 9.71. The summed E-state index contributed by atoms with van der Waals surface area (Å²) in [7, 11) is 0. The van der Waals surface area contributed by atoms with Gasteiger partial charge in [-0.25, -0.2) is 0 Å². The van der Waals surface area contributed by atoms with Crippen LogP contribution < -0.4 is 5.32 Å². The highest BCUT2D eigenvalue weighted by Crippen LogP contribution is 2.48. The molecule has 1 N–H and O–H groups in total. The lowest BCUT2D eigenvalue weighted by Gasteiger charge is -2.30. The zero-order valence-electron chi connectivity index (χ0n) is 13.8. The third-order valence-electron chi connectivity index (χ3n) is 5.73. The summed E-state index contributed by atoms with van der Waals surface area (Å²) in [6.45, 7) is 7.16. The number of rotatable bonds is 7. The van der Waals surface area contributed by atoms with Crippen LogP contribution in [0.4, 0.5) is 0 Å². The molecule has 1 amide bonds. The van der Waals surface area contributed by atoms with Crippen LogP contribution in [-0.4, -0.2) is 30.4 Å². The van der Waals surface area contributed by atoms with Gasteiger partial charge < -0.3 is 5.32 Å². The summed E-state index contributed by atoms with van der Waals surface area (Å²) in [4.78, 5) is 15.0. The van der Waals surface area contributed by atoms with Crippen LogP contribution in [0.1, 0.15) is 51.1 Å². The summed E-state index contributed by atoms with van der Waals surface area (Å²) in [5, 5.41) is 7.61. The van der Waals surface area contributed by atoms with Crippen LogP contribution in [0.15, 0.2) is 16.8 Å². The highest BCUT2D eigenvalue weighted by Gasteiger charge is 2.43. The predicted molar refractivity (Wildman–Crippen MR) is 91.9 cm³/mol. The Morgan fingerprint density at radius 1 is 1.36 bits per heavy atom. The molecule has 3 nitrogen and oxygen atoms in total. The number of nitrogens with one attached hydrogen (secondary N) is 1. The fourth-order valence-electron chi connectivity index (χ4n) is 4.48. The standard InChI is InChI=1S/C18H28N2OS/c1-3-20(4-2)17(15-7-8-22-12-15)11-19-18(21)16-10-13-5-6-14(16)9-13/h7-8,12-14,16-17H,3-6,9-11H2,1-2H3,(H,19,21).